The number of nitro groups is 1. The Bertz CT molecular complexity index is 157. The van der Waals surface area contributed by atoms with E-state index in [1.54, 1.807) is 0 Å². The Morgan fingerprint density at radius 2 is 1.82 bits per heavy atom. The summed E-state index contributed by atoms with van der Waals surface area (Å²) in [5, 5.41) is 15.7. The van der Waals surface area contributed by atoms with Crippen molar-refractivity contribution in [2.24, 2.45) is 0 Å². The summed E-state index contributed by atoms with van der Waals surface area (Å²) in [4.78, 5) is 9.84. The van der Waals surface area contributed by atoms with E-state index in [0.717, 1.165) is 0 Å². The van der Waals surface area contributed by atoms with Crippen LogP contribution in [0.15, 0.2) is 0 Å². The topological polar surface area (TPSA) is 67.2 Å². The highest BCUT2D eigenvalue weighted by Crippen LogP contribution is 2.13. The van der Waals surface area contributed by atoms with Crippen LogP contribution >= 0.6 is 23.2 Å². The van der Waals surface area contributed by atoms with Crippen molar-refractivity contribution in [3.8, 4) is 0 Å². The molecule has 2 atom stereocenters. The number of hydrogen-bond acceptors (Lipinski definition) is 4. The van der Waals surface area contributed by atoms with Gasteiger partial charge in [0.05, 0.1) is 0 Å². The minimum absolute atomic E-state index is 0.396. The van der Waals surface area contributed by atoms with Gasteiger partial charge < -0.3 is 0 Å². The molecule has 5 nitrogen and oxygen atoms in total. The van der Waals surface area contributed by atoms with Gasteiger partial charge in [-0.05, 0) is 0 Å². The van der Waals surface area contributed by atoms with E-state index in [-0.39, 0.29) is 0 Å². The van der Waals surface area contributed by atoms with Crippen molar-refractivity contribution in [1.82, 2.24) is 10.6 Å². The molecular formula is C4H7Cl2N3O2. The fourth-order valence-electron chi connectivity index (χ4n) is 0.857. The van der Waals surface area contributed by atoms with E-state index in [1.165, 1.54) is 0 Å². The largest absolute Gasteiger partial charge is 0.283 e. The Hall–Kier alpha value is -0.100. The minimum atomic E-state index is -0.980. The van der Waals surface area contributed by atoms with Gasteiger partial charge in [-0.1, -0.05) is 23.2 Å². The van der Waals surface area contributed by atoms with E-state index < -0.39 is 22.0 Å². The number of nitrogens with one attached hydrogen (secondary N) is 2. The highest BCUT2D eigenvalue weighted by Gasteiger charge is 2.39. The van der Waals surface area contributed by atoms with Crippen molar-refractivity contribution in [1.29, 1.82) is 0 Å². The number of nitrogens with zero attached hydrogens (tertiary/aromatic N) is 1. The van der Waals surface area contributed by atoms with E-state index in [0.29, 0.717) is 6.67 Å². The number of alkyl halides is 2. The lowest BCUT2D eigenvalue weighted by Crippen LogP contribution is -2.59. The standard InChI is InChI=1S/C4H7Cl2N3O2/c5-3-2(9(10)11)4(6)8-1-7-3/h2-4,7-8H,1H2. The number of halogens is 2. The van der Waals surface area contributed by atoms with E-state index in [2.05, 4.69) is 10.6 Å². The zero-order valence-corrected chi connectivity index (χ0v) is 6.97. The van der Waals surface area contributed by atoms with E-state index in [9.17, 15) is 10.1 Å². The van der Waals surface area contributed by atoms with Gasteiger partial charge in [0.25, 0.3) is 6.04 Å². The number of hydrogen-bond donors (Lipinski definition) is 2. The first kappa shape index (κ1) is 8.99. The third-order valence-electron chi connectivity index (χ3n) is 1.44. The molecule has 0 spiro atoms. The van der Waals surface area contributed by atoms with Gasteiger partial charge in [0, 0.05) is 11.6 Å². The molecule has 1 heterocycles. The van der Waals surface area contributed by atoms with Crippen molar-refractivity contribution < 1.29 is 4.92 Å². The molecule has 2 unspecified atom stereocenters. The Morgan fingerprint density at radius 1 is 1.36 bits per heavy atom. The van der Waals surface area contributed by atoms with Crippen LogP contribution in [0.2, 0.25) is 0 Å². The number of rotatable bonds is 1. The zero-order valence-electron chi connectivity index (χ0n) is 5.46. The molecule has 2 N–H and O–H groups in total. The molecule has 0 saturated carbocycles. The van der Waals surface area contributed by atoms with Crippen molar-refractivity contribution in [2.75, 3.05) is 6.67 Å². The Balaban J connectivity index is 2.62. The molecule has 0 aromatic rings. The highest BCUT2D eigenvalue weighted by atomic mass is 35.5. The molecule has 64 valence electrons. The van der Waals surface area contributed by atoms with Crippen LogP contribution in [0.3, 0.4) is 0 Å². The predicted molar refractivity (Wildman–Crippen MR) is 41.2 cm³/mol. The van der Waals surface area contributed by atoms with Crippen LogP contribution < -0.4 is 10.6 Å². The van der Waals surface area contributed by atoms with Crippen LogP contribution in [0.1, 0.15) is 0 Å². The van der Waals surface area contributed by atoms with Crippen LogP contribution in [-0.2, 0) is 0 Å². The molecule has 0 aromatic carbocycles. The molecule has 7 heteroatoms. The lowest BCUT2D eigenvalue weighted by atomic mass is 10.2. The highest BCUT2D eigenvalue weighted by molar-refractivity contribution is 6.24. The van der Waals surface area contributed by atoms with Gasteiger partial charge in [0.1, 0.15) is 0 Å². The molecule has 1 saturated heterocycles. The summed E-state index contributed by atoms with van der Waals surface area (Å²) in [6, 6.07) is -0.980. The summed E-state index contributed by atoms with van der Waals surface area (Å²) in [5.41, 5.74) is -1.40. The maximum Gasteiger partial charge on any atom is 0.270 e. The van der Waals surface area contributed by atoms with Gasteiger partial charge >= 0.3 is 0 Å². The van der Waals surface area contributed by atoms with E-state index in [1.807, 2.05) is 0 Å². The van der Waals surface area contributed by atoms with Crippen molar-refractivity contribution in [3.05, 3.63) is 10.1 Å². The maximum absolute atomic E-state index is 10.3. The van der Waals surface area contributed by atoms with Gasteiger partial charge in [-0.25, -0.2) is 0 Å². The second-order valence-electron chi connectivity index (χ2n) is 2.16. The quantitative estimate of drug-likeness (QED) is 0.268. The smallest absolute Gasteiger partial charge is 0.270 e. The average molecular weight is 200 g/mol. The predicted octanol–water partition coefficient (Wildman–Crippen LogP) is -0.0882. The van der Waals surface area contributed by atoms with Gasteiger partial charge in [-0.2, -0.15) is 0 Å². The van der Waals surface area contributed by atoms with Crippen molar-refractivity contribution >= 4 is 23.2 Å². The summed E-state index contributed by atoms with van der Waals surface area (Å²) in [7, 11) is 0. The van der Waals surface area contributed by atoms with Crippen LogP contribution in [0.25, 0.3) is 0 Å². The van der Waals surface area contributed by atoms with Gasteiger partial charge in [-0.15, -0.1) is 0 Å². The summed E-state index contributed by atoms with van der Waals surface area (Å²) in [6.45, 7) is 0.396. The molecule has 1 aliphatic rings. The molecule has 11 heavy (non-hydrogen) atoms. The van der Waals surface area contributed by atoms with E-state index in [4.69, 9.17) is 23.2 Å². The van der Waals surface area contributed by atoms with E-state index >= 15 is 0 Å². The molecule has 1 aliphatic heterocycles. The van der Waals surface area contributed by atoms with Gasteiger partial charge in [0.2, 0.25) is 0 Å². The third-order valence-corrected chi connectivity index (χ3v) is 2.26. The lowest BCUT2D eigenvalue weighted by molar-refractivity contribution is -0.525. The molecule has 1 rings (SSSR count). The molecule has 0 aliphatic carbocycles. The summed E-state index contributed by atoms with van der Waals surface area (Å²) < 4.78 is 0. The second-order valence-corrected chi connectivity index (χ2v) is 3.10. The Morgan fingerprint density at radius 3 is 2.09 bits per heavy atom. The van der Waals surface area contributed by atoms with Crippen LogP contribution in [0.5, 0.6) is 0 Å². The van der Waals surface area contributed by atoms with Crippen LogP contribution in [-0.4, -0.2) is 28.6 Å². The Labute approximate surface area is 73.2 Å². The van der Waals surface area contributed by atoms with Crippen LogP contribution in [0, 0.1) is 10.1 Å². The second kappa shape index (κ2) is 3.53. The minimum Gasteiger partial charge on any atom is -0.283 e. The summed E-state index contributed by atoms with van der Waals surface area (Å²) in [5.74, 6) is 0. The van der Waals surface area contributed by atoms with Crippen molar-refractivity contribution in [3.63, 3.8) is 0 Å². The molecular weight excluding hydrogens is 193 g/mol. The summed E-state index contributed by atoms with van der Waals surface area (Å²) >= 11 is 11.2. The molecule has 0 bridgehead atoms. The first-order valence-corrected chi connectivity index (χ1v) is 3.88. The maximum atomic E-state index is 10.3. The monoisotopic (exact) mass is 199 g/mol. The average Bonchev–Trinajstić information content (AvgIpc) is 1.85. The third kappa shape index (κ3) is 1.93. The molecule has 1 fully saturated rings. The Kier molecular flexibility index (Phi) is 2.89. The summed E-state index contributed by atoms with van der Waals surface area (Å²) in [6.07, 6.45) is 0. The lowest BCUT2D eigenvalue weighted by Gasteiger charge is -2.26. The normalized spacial score (nSPS) is 38.5. The molecule has 0 amide bonds. The fourth-order valence-corrected chi connectivity index (χ4v) is 1.56. The van der Waals surface area contributed by atoms with Gasteiger partial charge in [-0.3, -0.25) is 20.7 Å². The zero-order chi connectivity index (χ0) is 8.43. The first-order valence-electron chi connectivity index (χ1n) is 3.01. The molecule has 0 radical (unpaired) electrons. The SMILES string of the molecule is O=[N+]([O-])C1C(Cl)NCNC1Cl. The molecule has 0 aromatic heterocycles. The van der Waals surface area contributed by atoms with Crippen LogP contribution in [0.4, 0.5) is 0 Å². The van der Waals surface area contributed by atoms with Crippen molar-refractivity contribution in [2.45, 2.75) is 17.0 Å². The van der Waals surface area contributed by atoms with Gasteiger partial charge in [0.15, 0.2) is 11.0 Å². The first-order chi connectivity index (χ1) is 5.13. The fraction of sp³-hybridized carbons (Fsp3) is 1.00.